The minimum atomic E-state index is -3.56. The van der Waals surface area contributed by atoms with E-state index < -0.39 is 10.0 Å². The van der Waals surface area contributed by atoms with Gasteiger partial charge in [0.1, 0.15) is 5.82 Å². The molecule has 0 atom stereocenters. The van der Waals surface area contributed by atoms with Gasteiger partial charge in [-0.05, 0) is 42.9 Å². The highest BCUT2D eigenvalue weighted by atomic mass is 32.2. The Morgan fingerprint density at radius 1 is 1.19 bits per heavy atom. The van der Waals surface area contributed by atoms with Gasteiger partial charge in [0.05, 0.1) is 16.9 Å². The van der Waals surface area contributed by atoms with Gasteiger partial charge in [-0.1, -0.05) is 12.7 Å². The van der Waals surface area contributed by atoms with E-state index in [0.717, 1.165) is 5.56 Å². The predicted molar refractivity (Wildman–Crippen MR) is 103 cm³/mol. The number of hydrogen-bond acceptors (Lipinski definition) is 5. The zero-order valence-corrected chi connectivity index (χ0v) is 15.3. The van der Waals surface area contributed by atoms with Crippen LogP contribution in [0.4, 0.5) is 11.5 Å². The Labute approximate surface area is 152 Å². The van der Waals surface area contributed by atoms with Crippen LogP contribution in [0.3, 0.4) is 0 Å². The van der Waals surface area contributed by atoms with Crippen molar-refractivity contribution >= 4 is 27.6 Å². The molecule has 0 radical (unpaired) electrons. The molecule has 0 aliphatic carbocycles. The quantitative estimate of drug-likeness (QED) is 0.697. The molecule has 3 aromatic rings. The summed E-state index contributed by atoms with van der Waals surface area (Å²) in [4.78, 5) is 8.84. The summed E-state index contributed by atoms with van der Waals surface area (Å²) in [6, 6.07) is 8.56. The van der Waals surface area contributed by atoms with Crippen molar-refractivity contribution in [1.29, 1.82) is 0 Å². The Hall–Kier alpha value is -2.97. The van der Waals surface area contributed by atoms with Gasteiger partial charge in [0.25, 0.3) is 0 Å². The average Bonchev–Trinajstić information content (AvgIpc) is 3.08. The maximum Gasteiger partial charge on any atom is 0.240 e. The Bertz CT molecular complexity index is 1040. The molecule has 7 nitrogen and oxygen atoms in total. The van der Waals surface area contributed by atoms with E-state index >= 15 is 0 Å². The number of benzene rings is 1. The molecule has 3 rings (SSSR count). The number of rotatable bonds is 6. The summed E-state index contributed by atoms with van der Waals surface area (Å²) in [6.07, 6.45) is 6.91. The van der Waals surface area contributed by atoms with Crippen LogP contribution in [-0.2, 0) is 17.1 Å². The Kier molecular flexibility index (Phi) is 4.88. The molecule has 0 spiro atoms. The number of hydrogen-bond donors (Lipinski definition) is 2. The van der Waals surface area contributed by atoms with Crippen molar-refractivity contribution in [2.45, 2.75) is 4.90 Å². The second-order valence-electron chi connectivity index (χ2n) is 5.65. The highest BCUT2D eigenvalue weighted by Gasteiger charge is 2.16. The van der Waals surface area contributed by atoms with Crippen LogP contribution in [0.25, 0.3) is 17.3 Å². The van der Waals surface area contributed by atoms with Gasteiger partial charge >= 0.3 is 0 Å². The summed E-state index contributed by atoms with van der Waals surface area (Å²) in [7, 11) is -0.323. The van der Waals surface area contributed by atoms with Crippen molar-refractivity contribution in [2.75, 3.05) is 12.4 Å². The lowest BCUT2D eigenvalue weighted by atomic mass is 10.1. The van der Waals surface area contributed by atoms with Crippen molar-refractivity contribution in [3.05, 3.63) is 61.2 Å². The van der Waals surface area contributed by atoms with E-state index in [1.54, 1.807) is 41.4 Å². The fourth-order valence-electron chi connectivity index (χ4n) is 2.42. The summed E-state index contributed by atoms with van der Waals surface area (Å²) >= 11 is 0. The molecule has 0 saturated carbocycles. The van der Waals surface area contributed by atoms with Crippen LogP contribution in [0, 0.1) is 0 Å². The first-order valence-corrected chi connectivity index (χ1v) is 9.32. The van der Waals surface area contributed by atoms with Gasteiger partial charge in [-0.3, -0.25) is 0 Å². The highest BCUT2D eigenvalue weighted by Crippen LogP contribution is 2.31. The Balaban J connectivity index is 2.07. The van der Waals surface area contributed by atoms with Crippen molar-refractivity contribution in [2.24, 2.45) is 7.05 Å². The van der Waals surface area contributed by atoms with Crippen molar-refractivity contribution in [3.63, 3.8) is 0 Å². The standard InChI is InChI=1S/C18H19N5O2S/c1-4-13-5-8-18(20-10-13)22-16-7-6-14(26(24,25)19-2)9-15(16)17-11-23(3)12-21-17/h4-12,19H,1H2,2-3H3,(H,20,22). The van der Waals surface area contributed by atoms with Gasteiger partial charge in [0.2, 0.25) is 10.0 Å². The van der Waals surface area contributed by atoms with E-state index in [1.165, 1.54) is 7.05 Å². The number of imidazole rings is 1. The lowest BCUT2D eigenvalue weighted by Gasteiger charge is -2.12. The monoisotopic (exact) mass is 369 g/mol. The topological polar surface area (TPSA) is 88.9 Å². The first kappa shape index (κ1) is 17.8. The fraction of sp³-hybridized carbons (Fsp3) is 0.111. The molecule has 134 valence electrons. The molecular weight excluding hydrogens is 350 g/mol. The van der Waals surface area contributed by atoms with Crippen molar-refractivity contribution in [3.8, 4) is 11.3 Å². The summed E-state index contributed by atoms with van der Waals surface area (Å²) in [5.41, 5.74) is 2.94. The lowest BCUT2D eigenvalue weighted by molar-refractivity contribution is 0.588. The molecule has 0 saturated heterocycles. The summed E-state index contributed by atoms with van der Waals surface area (Å²) < 4.78 is 28.4. The molecule has 0 aliphatic rings. The molecule has 0 amide bonds. The first-order chi connectivity index (χ1) is 12.4. The van der Waals surface area contributed by atoms with Crippen LogP contribution >= 0.6 is 0 Å². The van der Waals surface area contributed by atoms with Gasteiger partial charge in [0.15, 0.2) is 0 Å². The van der Waals surface area contributed by atoms with E-state index in [0.29, 0.717) is 22.8 Å². The molecule has 26 heavy (non-hydrogen) atoms. The summed E-state index contributed by atoms with van der Waals surface area (Å²) in [6.45, 7) is 3.71. The maximum atomic E-state index is 12.2. The number of nitrogens with one attached hydrogen (secondary N) is 2. The van der Waals surface area contributed by atoms with Crippen LogP contribution < -0.4 is 10.0 Å². The van der Waals surface area contributed by atoms with Gasteiger partial charge < -0.3 is 9.88 Å². The molecule has 0 bridgehead atoms. The van der Waals surface area contributed by atoms with Crippen LogP contribution in [0.15, 0.2) is 60.5 Å². The van der Waals surface area contributed by atoms with E-state index in [9.17, 15) is 8.42 Å². The zero-order valence-electron chi connectivity index (χ0n) is 14.5. The normalized spacial score (nSPS) is 11.3. The summed E-state index contributed by atoms with van der Waals surface area (Å²) in [5.74, 6) is 0.636. The molecule has 2 heterocycles. The number of nitrogens with zero attached hydrogens (tertiary/aromatic N) is 3. The van der Waals surface area contributed by atoms with Crippen LogP contribution in [0.1, 0.15) is 5.56 Å². The molecule has 0 aliphatic heterocycles. The van der Waals surface area contributed by atoms with E-state index in [1.807, 2.05) is 25.4 Å². The maximum absolute atomic E-state index is 12.2. The van der Waals surface area contributed by atoms with Gasteiger partial charge in [0, 0.05) is 30.7 Å². The average molecular weight is 369 g/mol. The third-order valence-electron chi connectivity index (χ3n) is 3.84. The van der Waals surface area contributed by atoms with Crippen molar-refractivity contribution < 1.29 is 8.42 Å². The highest BCUT2D eigenvalue weighted by molar-refractivity contribution is 7.89. The predicted octanol–water partition coefficient (Wildman–Crippen LogP) is 2.78. The molecule has 0 unspecified atom stereocenters. The molecule has 2 N–H and O–H groups in total. The first-order valence-electron chi connectivity index (χ1n) is 7.84. The SMILES string of the molecule is C=Cc1ccc(Nc2ccc(S(=O)(=O)NC)cc2-c2cn(C)cn2)nc1. The lowest BCUT2D eigenvalue weighted by Crippen LogP contribution is -2.18. The molecule has 8 heteroatoms. The molecular formula is C18H19N5O2S. The minimum absolute atomic E-state index is 0.168. The second-order valence-corrected chi connectivity index (χ2v) is 7.53. The third kappa shape index (κ3) is 3.66. The zero-order chi connectivity index (χ0) is 18.7. The molecule has 1 aromatic carbocycles. The smallest absolute Gasteiger partial charge is 0.240 e. The van der Waals surface area contributed by atoms with Crippen LogP contribution in [-0.4, -0.2) is 30.0 Å². The number of sulfonamides is 1. The Morgan fingerprint density at radius 3 is 2.58 bits per heavy atom. The van der Waals surface area contributed by atoms with Crippen molar-refractivity contribution in [1.82, 2.24) is 19.3 Å². The van der Waals surface area contributed by atoms with E-state index in [-0.39, 0.29) is 4.90 Å². The number of anilines is 2. The minimum Gasteiger partial charge on any atom is -0.340 e. The van der Waals surface area contributed by atoms with Crippen LogP contribution in [0.5, 0.6) is 0 Å². The van der Waals surface area contributed by atoms with E-state index in [4.69, 9.17) is 0 Å². The second kappa shape index (κ2) is 7.11. The molecule has 2 aromatic heterocycles. The number of pyridine rings is 1. The van der Waals surface area contributed by atoms with Gasteiger partial charge in [-0.15, -0.1) is 0 Å². The van der Waals surface area contributed by atoms with Gasteiger partial charge in [-0.2, -0.15) is 0 Å². The largest absolute Gasteiger partial charge is 0.340 e. The number of aryl methyl sites for hydroxylation is 1. The van der Waals surface area contributed by atoms with Crippen LogP contribution in [0.2, 0.25) is 0 Å². The fourth-order valence-corrected chi connectivity index (χ4v) is 3.18. The Morgan fingerprint density at radius 2 is 2.00 bits per heavy atom. The number of aromatic nitrogens is 3. The third-order valence-corrected chi connectivity index (χ3v) is 5.25. The summed E-state index contributed by atoms with van der Waals surface area (Å²) in [5, 5.41) is 3.22. The van der Waals surface area contributed by atoms with Gasteiger partial charge in [-0.25, -0.2) is 23.1 Å². The molecule has 0 fully saturated rings. The van der Waals surface area contributed by atoms with E-state index in [2.05, 4.69) is 26.6 Å².